The van der Waals surface area contributed by atoms with Crippen LogP contribution in [0.4, 0.5) is 4.79 Å². The summed E-state index contributed by atoms with van der Waals surface area (Å²) in [5, 5.41) is 27.0. The number of carbonyl (C=O) groups is 3. The van der Waals surface area contributed by atoms with Crippen LogP contribution in [-0.2, 0) is 22.4 Å². The van der Waals surface area contributed by atoms with Gasteiger partial charge >= 0.3 is 6.09 Å². The maximum atomic E-state index is 13.3. The molecular weight excluding hydrogens is 566 g/mol. The second-order valence-corrected chi connectivity index (χ2v) is 12.6. The molecule has 0 radical (unpaired) electrons. The van der Waals surface area contributed by atoms with E-state index in [1.807, 2.05) is 0 Å². The predicted octanol–water partition coefficient (Wildman–Crippen LogP) is 3.79. The van der Waals surface area contributed by atoms with Crippen molar-refractivity contribution >= 4 is 17.9 Å². The van der Waals surface area contributed by atoms with Gasteiger partial charge in [-0.1, -0.05) is 13.0 Å². The molecule has 2 aliphatic heterocycles. The molecule has 2 heterocycles. The summed E-state index contributed by atoms with van der Waals surface area (Å²) in [7, 11) is 0. The number of rotatable bonds is 8. The van der Waals surface area contributed by atoms with Crippen LogP contribution in [0, 0.1) is 5.92 Å². The highest BCUT2D eigenvalue weighted by Crippen LogP contribution is 2.29. The number of fused-ring (bicyclic) bond motifs is 1. The highest BCUT2D eigenvalue weighted by molar-refractivity contribution is 6.00. The Morgan fingerprint density at radius 1 is 1.07 bits per heavy atom. The maximum absolute atomic E-state index is 13.3. The summed E-state index contributed by atoms with van der Waals surface area (Å²) in [5.74, 6) is 0.0160. The van der Waals surface area contributed by atoms with Crippen LogP contribution in [0.15, 0.2) is 36.4 Å². The number of hydrogen-bond donors (Lipinski definition) is 4. The normalized spacial score (nSPS) is 21.0. The van der Waals surface area contributed by atoms with Crippen molar-refractivity contribution in [2.75, 3.05) is 26.4 Å². The van der Waals surface area contributed by atoms with Gasteiger partial charge in [-0.2, -0.15) is 0 Å². The second kappa shape index (κ2) is 14.3. The number of carbonyl (C=O) groups excluding carboxylic acids is 3. The Balaban J connectivity index is 1.45. The lowest BCUT2D eigenvalue weighted by Gasteiger charge is -2.40. The lowest BCUT2D eigenvalue weighted by atomic mass is 9.91. The van der Waals surface area contributed by atoms with Gasteiger partial charge in [-0.05, 0) is 94.3 Å². The molecule has 4 atom stereocenters. The standard InChI is InChI=1S/C33H45N3O8/c1-6-43-29-15-22(30(39)35-24-10-7-20(2)18-42-19-24)9-12-26(29)31(40)34-16-28(38)27-14-21-8-11-25(37)13-23(21)17-36(27)32(41)44-33(3,4)5/h8-9,11-13,15,20,24,27-28,37-38H,6-7,10,14,16-19H2,1-5H3,(H,34,40)(H,35,39)/t20?,24?,27-,28+/m0/s1. The minimum absolute atomic E-state index is 0.0841. The molecule has 11 nitrogen and oxygen atoms in total. The van der Waals surface area contributed by atoms with Gasteiger partial charge in [-0.3, -0.25) is 14.5 Å². The predicted molar refractivity (Wildman–Crippen MR) is 164 cm³/mol. The number of benzene rings is 2. The molecule has 44 heavy (non-hydrogen) atoms. The van der Waals surface area contributed by atoms with Crippen LogP contribution in [0.2, 0.25) is 0 Å². The van der Waals surface area contributed by atoms with Crippen LogP contribution in [0.1, 0.15) is 79.3 Å². The molecule has 2 aliphatic rings. The zero-order chi connectivity index (χ0) is 32.0. The van der Waals surface area contributed by atoms with Crippen molar-refractivity contribution in [2.24, 2.45) is 5.92 Å². The van der Waals surface area contributed by atoms with Gasteiger partial charge in [0.15, 0.2) is 0 Å². The maximum Gasteiger partial charge on any atom is 0.410 e. The van der Waals surface area contributed by atoms with Crippen molar-refractivity contribution in [1.29, 1.82) is 0 Å². The van der Waals surface area contributed by atoms with E-state index in [1.165, 1.54) is 11.0 Å². The molecule has 4 rings (SSSR count). The Morgan fingerprint density at radius 3 is 2.57 bits per heavy atom. The quantitative estimate of drug-likeness (QED) is 0.353. The summed E-state index contributed by atoms with van der Waals surface area (Å²) in [6.45, 7) is 10.6. The summed E-state index contributed by atoms with van der Waals surface area (Å²) in [6.07, 6.45) is 0.379. The number of ether oxygens (including phenoxy) is 3. The zero-order valence-corrected chi connectivity index (χ0v) is 26.2. The van der Waals surface area contributed by atoms with E-state index >= 15 is 0 Å². The van der Waals surface area contributed by atoms with E-state index in [-0.39, 0.29) is 48.7 Å². The summed E-state index contributed by atoms with van der Waals surface area (Å²) in [6, 6.07) is 8.80. The minimum Gasteiger partial charge on any atom is -0.508 e. The molecule has 0 bridgehead atoms. The largest absolute Gasteiger partial charge is 0.508 e. The van der Waals surface area contributed by atoms with Crippen molar-refractivity contribution in [3.8, 4) is 11.5 Å². The van der Waals surface area contributed by atoms with Gasteiger partial charge in [0.25, 0.3) is 11.8 Å². The Labute approximate surface area is 258 Å². The van der Waals surface area contributed by atoms with E-state index in [9.17, 15) is 24.6 Å². The summed E-state index contributed by atoms with van der Waals surface area (Å²) in [5.41, 5.74) is 1.48. The first-order chi connectivity index (χ1) is 20.8. The van der Waals surface area contributed by atoms with Gasteiger partial charge in [-0.25, -0.2) is 4.79 Å². The summed E-state index contributed by atoms with van der Waals surface area (Å²) >= 11 is 0. The number of aliphatic hydroxyl groups is 1. The molecule has 0 saturated carbocycles. The van der Waals surface area contributed by atoms with Crippen LogP contribution in [0.3, 0.4) is 0 Å². The first kappa shape index (κ1) is 33.1. The Kier molecular flexibility index (Phi) is 10.7. The monoisotopic (exact) mass is 611 g/mol. The number of phenolic OH excluding ortho intramolecular Hbond substituents is 1. The lowest BCUT2D eigenvalue weighted by Crippen LogP contribution is -2.54. The third-order valence-electron chi connectivity index (χ3n) is 7.76. The molecule has 3 amide bonds. The summed E-state index contributed by atoms with van der Waals surface area (Å²) in [4.78, 5) is 40.8. The fourth-order valence-corrected chi connectivity index (χ4v) is 5.46. The molecule has 4 N–H and O–H groups in total. The average molecular weight is 612 g/mol. The van der Waals surface area contributed by atoms with Crippen molar-refractivity contribution in [3.63, 3.8) is 0 Å². The SMILES string of the molecule is CCOc1cc(C(=O)NC2CCC(C)COC2)ccc1C(=O)NC[C@@H](O)[C@@H]1Cc2ccc(O)cc2CN1C(=O)OC(C)(C)C. The van der Waals surface area contributed by atoms with Crippen LogP contribution < -0.4 is 15.4 Å². The van der Waals surface area contributed by atoms with Crippen molar-refractivity contribution in [1.82, 2.24) is 15.5 Å². The smallest absolute Gasteiger partial charge is 0.410 e. The van der Waals surface area contributed by atoms with Gasteiger partial charge in [0, 0.05) is 25.3 Å². The van der Waals surface area contributed by atoms with E-state index in [0.717, 1.165) is 24.0 Å². The molecule has 2 aromatic carbocycles. The van der Waals surface area contributed by atoms with E-state index in [0.29, 0.717) is 31.1 Å². The van der Waals surface area contributed by atoms with E-state index in [1.54, 1.807) is 58.0 Å². The lowest BCUT2D eigenvalue weighted by molar-refractivity contribution is -0.0113. The zero-order valence-electron chi connectivity index (χ0n) is 26.2. The molecular formula is C33H45N3O8. The van der Waals surface area contributed by atoms with Crippen molar-refractivity contribution in [2.45, 2.75) is 84.2 Å². The first-order valence-electron chi connectivity index (χ1n) is 15.3. The minimum atomic E-state index is -1.13. The van der Waals surface area contributed by atoms with Gasteiger partial charge in [-0.15, -0.1) is 0 Å². The highest BCUT2D eigenvalue weighted by atomic mass is 16.6. The fourth-order valence-electron chi connectivity index (χ4n) is 5.46. The number of nitrogens with one attached hydrogen (secondary N) is 2. The first-order valence-corrected chi connectivity index (χ1v) is 15.3. The van der Waals surface area contributed by atoms with Crippen molar-refractivity contribution < 1.29 is 38.8 Å². The Morgan fingerprint density at radius 2 is 1.84 bits per heavy atom. The number of nitrogens with zero attached hydrogens (tertiary/aromatic N) is 1. The average Bonchev–Trinajstić information content (AvgIpc) is 3.17. The van der Waals surface area contributed by atoms with Gasteiger partial charge in [0.2, 0.25) is 0 Å². The molecule has 1 saturated heterocycles. The van der Waals surface area contributed by atoms with E-state index in [2.05, 4.69) is 17.6 Å². The topological polar surface area (TPSA) is 147 Å². The molecule has 2 aromatic rings. The molecule has 1 fully saturated rings. The second-order valence-electron chi connectivity index (χ2n) is 12.6. The molecule has 240 valence electrons. The molecule has 11 heteroatoms. The highest BCUT2D eigenvalue weighted by Gasteiger charge is 2.37. The molecule has 0 aliphatic carbocycles. The van der Waals surface area contributed by atoms with E-state index in [4.69, 9.17) is 14.2 Å². The number of aliphatic hydroxyl groups excluding tert-OH is 1. The number of hydrogen-bond acceptors (Lipinski definition) is 8. The molecule has 2 unspecified atom stereocenters. The Hall–Kier alpha value is -3.83. The van der Waals surface area contributed by atoms with Gasteiger partial charge < -0.3 is 35.1 Å². The number of amides is 3. The van der Waals surface area contributed by atoms with Crippen LogP contribution >= 0.6 is 0 Å². The van der Waals surface area contributed by atoms with Crippen LogP contribution in [0.5, 0.6) is 11.5 Å². The number of aromatic hydroxyl groups is 1. The fraction of sp³-hybridized carbons (Fsp3) is 0.545. The number of phenols is 1. The van der Waals surface area contributed by atoms with Gasteiger partial charge in [0.1, 0.15) is 17.1 Å². The Bertz CT molecular complexity index is 1340. The third-order valence-corrected chi connectivity index (χ3v) is 7.76. The molecule has 0 aromatic heterocycles. The van der Waals surface area contributed by atoms with Crippen molar-refractivity contribution in [3.05, 3.63) is 58.7 Å². The molecule has 0 spiro atoms. The van der Waals surface area contributed by atoms with Crippen LogP contribution in [0.25, 0.3) is 0 Å². The van der Waals surface area contributed by atoms with Gasteiger partial charge in [0.05, 0.1) is 37.0 Å². The third kappa shape index (κ3) is 8.63. The summed E-state index contributed by atoms with van der Waals surface area (Å²) < 4.78 is 17.0. The van der Waals surface area contributed by atoms with Crippen LogP contribution in [-0.4, -0.2) is 83.2 Å². The van der Waals surface area contributed by atoms with E-state index < -0.39 is 29.7 Å².